The quantitative estimate of drug-likeness (QED) is 0.429. The number of hydrogen-bond donors (Lipinski definition) is 0. The van der Waals surface area contributed by atoms with Crippen molar-refractivity contribution in [2.45, 2.75) is 0 Å². The minimum atomic E-state index is -3.42. The molecular formula is C10H18O5P2. The zero-order chi connectivity index (χ0) is 13.1. The van der Waals surface area contributed by atoms with Crippen LogP contribution in [-0.4, -0.2) is 25.7 Å². The third kappa shape index (κ3) is 8.31. The predicted molar refractivity (Wildman–Crippen MR) is 69.9 cm³/mol. The fourth-order valence-electron chi connectivity index (χ4n) is 0.817. The first-order valence-corrected chi connectivity index (χ1v) is 8.19. The van der Waals surface area contributed by atoms with Gasteiger partial charge in [-0.3, -0.25) is 9.13 Å². The Balaban J connectivity index is 4.39. The maximum atomic E-state index is 12.1. The highest BCUT2D eigenvalue weighted by molar-refractivity contribution is 7.65. The highest BCUT2D eigenvalue weighted by Gasteiger charge is 2.27. The lowest BCUT2D eigenvalue weighted by Gasteiger charge is -2.16. The van der Waals surface area contributed by atoms with Crippen molar-refractivity contribution in [3.63, 3.8) is 0 Å². The van der Waals surface area contributed by atoms with Crippen molar-refractivity contribution in [3.8, 4) is 0 Å². The van der Waals surface area contributed by atoms with E-state index in [1.807, 2.05) is 0 Å². The molecule has 0 fully saturated rings. The van der Waals surface area contributed by atoms with Gasteiger partial charge in [-0.2, -0.15) is 0 Å². The fourth-order valence-corrected chi connectivity index (χ4v) is 4.22. The highest BCUT2D eigenvalue weighted by Crippen LogP contribution is 2.54. The van der Waals surface area contributed by atoms with Crippen molar-refractivity contribution in [2.24, 2.45) is 0 Å². The lowest BCUT2D eigenvalue weighted by Crippen LogP contribution is -1.99. The van der Waals surface area contributed by atoms with Crippen LogP contribution >= 0.6 is 15.6 Å². The molecule has 0 aromatic carbocycles. The summed E-state index contributed by atoms with van der Waals surface area (Å²) in [4.78, 5) is 0. The molecule has 0 aromatic rings. The Morgan fingerprint density at radius 2 is 1.47 bits per heavy atom. The third-order valence-electron chi connectivity index (χ3n) is 1.46. The summed E-state index contributed by atoms with van der Waals surface area (Å²) in [6.45, 7) is 10.6. The van der Waals surface area contributed by atoms with E-state index in [2.05, 4.69) is 19.7 Å². The Morgan fingerprint density at radius 1 is 1.00 bits per heavy atom. The maximum Gasteiger partial charge on any atom is 0.340 e. The van der Waals surface area contributed by atoms with Crippen molar-refractivity contribution < 1.29 is 22.7 Å². The predicted octanol–water partition coefficient (Wildman–Crippen LogP) is 3.22. The van der Waals surface area contributed by atoms with Crippen LogP contribution in [-0.2, 0) is 22.7 Å². The number of rotatable bonds is 11. The van der Waals surface area contributed by atoms with Gasteiger partial charge < -0.3 is 13.6 Å². The van der Waals surface area contributed by atoms with E-state index < -0.39 is 15.6 Å². The molecule has 0 N–H and O–H groups in total. The molecule has 0 spiro atoms. The van der Waals surface area contributed by atoms with Crippen molar-refractivity contribution >= 4 is 15.6 Å². The normalized spacial score (nSPS) is 12.9. The van der Waals surface area contributed by atoms with Crippen LogP contribution in [0.15, 0.2) is 38.0 Å². The van der Waals surface area contributed by atoms with Gasteiger partial charge in [0.2, 0.25) is 8.03 Å². The first-order chi connectivity index (χ1) is 8.08. The lowest BCUT2D eigenvalue weighted by atomic mass is 10.7. The first kappa shape index (κ1) is 16.6. The van der Waals surface area contributed by atoms with E-state index in [-0.39, 0.29) is 25.7 Å². The smallest absolute Gasteiger partial charge is 0.326 e. The standard InChI is InChI=1S/C10H18O5P2/c1-4-7-13-16(11)10-17(12,14-8-5-2)15-9-6-3/h4-6,16H,1-3,7-10H2. The molecule has 0 saturated heterocycles. The number of hydrogen-bond acceptors (Lipinski definition) is 5. The zero-order valence-electron chi connectivity index (χ0n) is 9.67. The van der Waals surface area contributed by atoms with Crippen LogP contribution in [0.4, 0.5) is 0 Å². The second-order valence-electron chi connectivity index (χ2n) is 2.91. The molecule has 0 radical (unpaired) electrons. The highest BCUT2D eigenvalue weighted by atomic mass is 31.2. The Hall–Kier alpha value is -0.440. The van der Waals surface area contributed by atoms with Crippen molar-refractivity contribution in [3.05, 3.63) is 38.0 Å². The molecule has 98 valence electrons. The van der Waals surface area contributed by atoms with Crippen LogP contribution in [0.2, 0.25) is 0 Å². The van der Waals surface area contributed by atoms with Crippen LogP contribution in [0, 0.1) is 0 Å². The summed E-state index contributed by atoms with van der Waals surface area (Å²) in [6, 6.07) is 0. The SMILES string of the molecule is C=CCO[PH](=O)CP(=O)(OCC=C)OCC=C. The van der Waals surface area contributed by atoms with Crippen LogP contribution in [0.25, 0.3) is 0 Å². The van der Waals surface area contributed by atoms with Gasteiger partial charge >= 0.3 is 7.60 Å². The molecule has 0 rings (SSSR count). The summed E-state index contributed by atoms with van der Waals surface area (Å²) in [6.07, 6.45) is 4.33. The van der Waals surface area contributed by atoms with Crippen molar-refractivity contribution in [2.75, 3.05) is 25.7 Å². The van der Waals surface area contributed by atoms with Gasteiger partial charge in [0.25, 0.3) is 0 Å². The summed E-state index contributed by atoms with van der Waals surface area (Å²) >= 11 is 0. The molecule has 5 nitrogen and oxygen atoms in total. The molecule has 0 aromatic heterocycles. The molecular weight excluding hydrogens is 262 g/mol. The largest absolute Gasteiger partial charge is 0.340 e. The van der Waals surface area contributed by atoms with Gasteiger partial charge in [-0.1, -0.05) is 18.2 Å². The molecule has 0 bridgehead atoms. The monoisotopic (exact) mass is 280 g/mol. The van der Waals surface area contributed by atoms with Gasteiger partial charge in [-0.25, -0.2) is 0 Å². The summed E-state index contributed by atoms with van der Waals surface area (Å²) in [7, 11) is -5.89. The van der Waals surface area contributed by atoms with E-state index in [4.69, 9.17) is 13.6 Å². The van der Waals surface area contributed by atoms with Gasteiger partial charge in [-0.05, 0) is 0 Å². The second-order valence-corrected chi connectivity index (χ2v) is 6.95. The van der Waals surface area contributed by atoms with Crippen molar-refractivity contribution in [1.29, 1.82) is 0 Å². The average Bonchev–Trinajstić information content (AvgIpc) is 2.31. The summed E-state index contributed by atoms with van der Waals surface area (Å²) in [5, 5.41) is 0. The van der Waals surface area contributed by atoms with E-state index in [1.165, 1.54) is 18.2 Å². The van der Waals surface area contributed by atoms with Gasteiger partial charge in [0, 0.05) is 0 Å². The molecule has 0 heterocycles. The average molecular weight is 280 g/mol. The van der Waals surface area contributed by atoms with Crippen LogP contribution < -0.4 is 0 Å². The molecule has 1 unspecified atom stereocenters. The topological polar surface area (TPSA) is 61.8 Å². The Bertz CT molecular complexity index is 311. The van der Waals surface area contributed by atoms with Gasteiger partial charge in [0.05, 0.1) is 19.8 Å². The Labute approximate surface area is 103 Å². The second kappa shape index (κ2) is 9.58. The molecule has 0 saturated carbocycles. The van der Waals surface area contributed by atoms with Crippen LogP contribution in [0.1, 0.15) is 0 Å². The third-order valence-corrected chi connectivity index (χ3v) is 5.62. The van der Waals surface area contributed by atoms with Gasteiger partial charge in [-0.15, -0.1) is 19.7 Å². The summed E-state index contributed by atoms with van der Waals surface area (Å²) in [5.74, 6) is -0.257. The Kier molecular flexibility index (Phi) is 9.33. The lowest BCUT2D eigenvalue weighted by molar-refractivity contribution is 0.239. The van der Waals surface area contributed by atoms with E-state index in [0.29, 0.717) is 0 Å². The molecule has 7 heteroatoms. The molecule has 0 aliphatic heterocycles. The summed E-state index contributed by atoms with van der Waals surface area (Å²) in [5.41, 5.74) is 0. The molecule has 17 heavy (non-hydrogen) atoms. The minimum Gasteiger partial charge on any atom is -0.326 e. The zero-order valence-corrected chi connectivity index (χ0v) is 11.6. The Morgan fingerprint density at radius 3 is 1.88 bits per heavy atom. The van der Waals surface area contributed by atoms with E-state index >= 15 is 0 Å². The molecule has 0 aliphatic rings. The van der Waals surface area contributed by atoms with Gasteiger partial charge in [0.15, 0.2) is 0 Å². The molecule has 0 amide bonds. The first-order valence-electron chi connectivity index (χ1n) is 4.94. The maximum absolute atomic E-state index is 12.1. The van der Waals surface area contributed by atoms with E-state index in [0.717, 1.165) is 0 Å². The molecule has 0 aliphatic carbocycles. The van der Waals surface area contributed by atoms with Crippen LogP contribution in [0.3, 0.4) is 0 Å². The van der Waals surface area contributed by atoms with E-state index in [9.17, 15) is 9.13 Å². The van der Waals surface area contributed by atoms with Gasteiger partial charge in [0.1, 0.15) is 5.90 Å². The summed E-state index contributed by atoms with van der Waals surface area (Å²) < 4.78 is 38.5. The minimum absolute atomic E-state index is 0.0605. The van der Waals surface area contributed by atoms with Crippen molar-refractivity contribution in [1.82, 2.24) is 0 Å². The fraction of sp³-hybridized carbons (Fsp3) is 0.400. The van der Waals surface area contributed by atoms with Crippen LogP contribution in [0.5, 0.6) is 0 Å². The van der Waals surface area contributed by atoms with E-state index in [1.54, 1.807) is 0 Å². The molecule has 1 atom stereocenters.